The zero-order valence-electron chi connectivity index (χ0n) is 22.7. The highest BCUT2D eigenvalue weighted by atomic mass is 35.5. The summed E-state index contributed by atoms with van der Waals surface area (Å²) in [5, 5.41) is 62.3. The number of hydrogen-bond donors (Lipinski definition) is 5. The number of carboxylic acids is 1. The van der Waals surface area contributed by atoms with E-state index in [-0.39, 0.29) is 12.4 Å². The number of rotatable bonds is 10. The molecule has 0 radical (unpaired) electrons. The molecule has 3 heterocycles. The minimum Gasteiger partial charge on any atom is -0.479 e. The summed E-state index contributed by atoms with van der Waals surface area (Å²) in [5.41, 5.74) is 3.66. The molecule has 1 aliphatic rings. The number of aliphatic carboxylic acids is 1. The van der Waals surface area contributed by atoms with Gasteiger partial charge in [-0.15, -0.1) is 5.10 Å². The van der Waals surface area contributed by atoms with Gasteiger partial charge in [-0.3, -0.25) is 0 Å². The SMILES string of the molecule is CCCCc1nc(Cl)c(CO)n1Cc1ccc(-c2ccccc2-c2nnnn2[C@@H]2O[C@H](C(=O)O)[C@@H](O)[C@@H](O)[C@H]2O)cc1. The van der Waals surface area contributed by atoms with E-state index >= 15 is 0 Å². The Kier molecular flexibility index (Phi) is 8.96. The molecule has 0 unspecified atom stereocenters. The first kappa shape index (κ1) is 29.8. The van der Waals surface area contributed by atoms with Crippen LogP contribution in [0.25, 0.3) is 22.5 Å². The first-order valence-corrected chi connectivity index (χ1v) is 13.9. The minimum absolute atomic E-state index is 0.160. The lowest BCUT2D eigenvalue weighted by atomic mass is 9.96. The van der Waals surface area contributed by atoms with Crippen LogP contribution < -0.4 is 0 Å². The number of ether oxygens (including phenoxy) is 1. The number of carboxylic acid groups (broad SMARTS) is 1. The molecule has 13 nitrogen and oxygen atoms in total. The maximum atomic E-state index is 11.6. The van der Waals surface area contributed by atoms with E-state index in [1.54, 1.807) is 12.1 Å². The molecule has 0 aliphatic carbocycles. The van der Waals surface area contributed by atoms with Gasteiger partial charge in [-0.2, -0.15) is 4.68 Å². The maximum Gasteiger partial charge on any atom is 0.335 e. The van der Waals surface area contributed by atoms with Gasteiger partial charge in [-0.25, -0.2) is 9.78 Å². The highest BCUT2D eigenvalue weighted by Gasteiger charge is 2.48. The molecule has 5 atom stereocenters. The predicted octanol–water partition coefficient (Wildman–Crippen LogP) is 1.80. The van der Waals surface area contributed by atoms with Gasteiger partial charge in [-0.1, -0.05) is 73.5 Å². The number of halogens is 1. The Hall–Kier alpha value is -3.72. The zero-order chi connectivity index (χ0) is 30.0. The second-order valence-electron chi connectivity index (χ2n) is 10.1. The Labute approximate surface area is 245 Å². The number of aliphatic hydroxyl groups excluding tert-OH is 4. The fourth-order valence-electron chi connectivity index (χ4n) is 5.08. The third-order valence-corrected chi connectivity index (χ3v) is 7.65. The summed E-state index contributed by atoms with van der Waals surface area (Å²) in [6.45, 7) is 2.35. The quantitative estimate of drug-likeness (QED) is 0.179. The molecule has 222 valence electrons. The number of aryl methyl sites for hydroxylation is 1. The van der Waals surface area contributed by atoms with Crippen LogP contribution in [0.1, 0.15) is 43.1 Å². The molecule has 1 aliphatic heterocycles. The number of aromatic nitrogens is 6. The van der Waals surface area contributed by atoms with Crippen LogP contribution in [0.3, 0.4) is 0 Å². The monoisotopic (exact) mass is 598 g/mol. The Balaban J connectivity index is 1.45. The molecule has 42 heavy (non-hydrogen) atoms. The largest absolute Gasteiger partial charge is 0.479 e. The van der Waals surface area contributed by atoms with E-state index in [2.05, 4.69) is 27.4 Å². The topological polar surface area (TPSA) is 189 Å². The standard InChI is InChI=1S/C28H31ClN6O7/c1-2-3-8-20-30-25(29)19(14-36)34(20)13-15-9-11-16(12-10-15)17-6-4-5-7-18(17)26-31-32-33-35(26)27-23(39)21(37)22(38)24(42-27)28(40)41/h4-7,9-12,21-24,27,36-39H,2-3,8,13-14H2,1H3,(H,40,41)/t21-,22+,23-,24+,27-/m1/s1. The van der Waals surface area contributed by atoms with Crippen LogP contribution in [-0.2, 0) is 29.1 Å². The number of imidazole rings is 1. The number of aliphatic hydroxyl groups is 4. The number of unbranched alkanes of at least 4 members (excludes halogenated alkanes) is 1. The molecule has 5 N–H and O–H groups in total. The average Bonchev–Trinajstić information content (AvgIpc) is 3.59. The van der Waals surface area contributed by atoms with Gasteiger partial charge in [0, 0.05) is 18.5 Å². The molecular weight excluding hydrogens is 568 g/mol. The van der Waals surface area contributed by atoms with Gasteiger partial charge in [0.1, 0.15) is 24.1 Å². The molecular formula is C28H31ClN6O7. The van der Waals surface area contributed by atoms with E-state index < -0.39 is 36.6 Å². The van der Waals surface area contributed by atoms with E-state index in [1.807, 2.05) is 41.0 Å². The first-order chi connectivity index (χ1) is 20.2. The molecule has 0 spiro atoms. The van der Waals surface area contributed by atoms with Crippen molar-refractivity contribution in [2.75, 3.05) is 0 Å². The van der Waals surface area contributed by atoms with Crippen molar-refractivity contribution in [2.24, 2.45) is 0 Å². The van der Waals surface area contributed by atoms with Gasteiger partial charge < -0.3 is 34.8 Å². The average molecular weight is 599 g/mol. The summed E-state index contributed by atoms with van der Waals surface area (Å²) in [4.78, 5) is 16.1. The van der Waals surface area contributed by atoms with E-state index in [0.717, 1.165) is 46.5 Å². The lowest BCUT2D eigenvalue weighted by molar-refractivity contribution is -0.249. The summed E-state index contributed by atoms with van der Waals surface area (Å²) in [6.07, 6.45) is -5.91. The molecule has 4 aromatic rings. The van der Waals surface area contributed by atoms with Crippen LogP contribution in [0.2, 0.25) is 5.15 Å². The number of tetrazole rings is 1. The van der Waals surface area contributed by atoms with Gasteiger partial charge >= 0.3 is 5.97 Å². The van der Waals surface area contributed by atoms with Crippen molar-refractivity contribution in [3.05, 3.63) is 70.8 Å². The third-order valence-electron chi connectivity index (χ3n) is 7.35. The summed E-state index contributed by atoms with van der Waals surface area (Å²) in [6, 6.07) is 15.0. The van der Waals surface area contributed by atoms with Gasteiger partial charge in [0.25, 0.3) is 0 Å². The zero-order valence-corrected chi connectivity index (χ0v) is 23.4. The number of hydrogen-bond acceptors (Lipinski definition) is 10. The molecule has 0 bridgehead atoms. The Morgan fingerprint density at radius 2 is 1.74 bits per heavy atom. The summed E-state index contributed by atoms with van der Waals surface area (Å²) in [7, 11) is 0. The lowest BCUT2D eigenvalue weighted by Crippen LogP contribution is -2.58. The Morgan fingerprint density at radius 1 is 1.02 bits per heavy atom. The van der Waals surface area contributed by atoms with E-state index in [1.165, 1.54) is 0 Å². The fourth-order valence-corrected chi connectivity index (χ4v) is 5.34. The van der Waals surface area contributed by atoms with Crippen LogP contribution >= 0.6 is 11.6 Å². The molecule has 2 aromatic carbocycles. The highest BCUT2D eigenvalue weighted by Crippen LogP contribution is 2.35. The normalized spacial score (nSPS) is 22.4. The van der Waals surface area contributed by atoms with Gasteiger partial charge in [0.15, 0.2) is 23.3 Å². The van der Waals surface area contributed by atoms with Crippen molar-refractivity contribution in [1.29, 1.82) is 0 Å². The van der Waals surface area contributed by atoms with E-state index in [9.17, 15) is 30.3 Å². The van der Waals surface area contributed by atoms with Crippen molar-refractivity contribution >= 4 is 17.6 Å². The van der Waals surface area contributed by atoms with Crippen LogP contribution in [0.15, 0.2) is 48.5 Å². The van der Waals surface area contributed by atoms with Crippen LogP contribution in [-0.4, -0.2) is 85.7 Å². The van der Waals surface area contributed by atoms with Crippen LogP contribution in [0.4, 0.5) is 0 Å². The van der Waals surface area contributed by atoms with Gasteiger partial charge in [0.05, 0.1) is 12.3 Å². The van der Waals surface area contributed by atoms with Gasteiger partial charge in [0.2, 0.25) is 0 Å². The Bertz CT molecular complexity index is 1540. The van der Waals surface area contributed by atoms with Crippen molar-refractivity contribution in [3.8, 4) is 22.5 Å². The number of benzene rings is 2. The molecule has 1 saturated heterocycles. The van der Waals surface area contributed by atoms with Crippen molar-refractivity contribution < 1.29 is 35.1 Å². The number of nitrogens with zero attached hydrogens (tertiary/aromatic N) is 6. The summed E-state index contributed by atoms with van der Waals surface area (Å²) < 4.78 is 8.49. The van der Waals surface area contributed by atoms with Gasteiger partial charge in [-0.05, 0) is 33.5 Å². The van der Waals surface area contributed by atoms with Crippen LogP contribution in [0, 0.1) is 0 Å². The van der Waals surface area contributed by atoms with Crippen LogP contribution in [0.5, 0.6) is 0 Å². The molecule has 1 fully saturated rings. The fraction of sp³-hybridized carbons (Fsp3) is 0.393. The molecule has 14 heteroatoms. The van der Waals surface area contributed by atoms with Crippen molar-refractivity contribution in [1.82, 2.24) is 29.8 Å². The second-order valence-corrected chi connectivity index (χ2v) is 10.4. The molecule has 5 rings (SSSR count). The van der Waals surface area contributed by atoms with E-state index in [0.29, 0.717) is 23.0 Å². The van der Waals surface area contributed by atoms with Crippen molar-refractivity contribution in [3.63, 3.8) is 0 Å². The maximum absolute atomic E-state index is 11.6. The third kappa shape index (κ3) is 5.67. The summed E-state index contributed by atoms with van der Waals surface area (Å²) in [5.74, 6) is -0.523. The number of carbonyl (C=O) groups is 1. The summed E-state index contributed by atoms with van der Waals surface area (Å²) >= 11 is 6.29. The highest BCUT2D eigenvalue weighted by molar-refractivity contribution is 6.30. The molecule has 2 aromatic heterocycles. The second kappa shape index (κ2) is 12.7. The Morgan fingerprint density at radius 3 is 2.40 bits per heavy atom. The van der Waals surface area contributed by atoms with Crippen molar-refractivity contribution in [2.45, 2.75) is 70.0 Å². The smallest absolute Gasteiger partial charge is 0.335 e. The molecule has 0 saturated carbocycles. The predicted molar refractivity (Wildman–Crippen MR) is 149 cm³/mol. The van der Waals surface area contributed by atoms with E-state index in [4.69, 9.17) is 16.3 Å². The minimum atomic E-state index is -1.84. The first-order valence-electron chi connectivity index (χ1n) is 13.5. The lowest BCUT2D eigenvalue weighted by Gasteiger charge is -2.38. The molecule has 0 amide bonds.